The number of hydrogen-bond donors (Lipinski definition) is 1. The van der Waals surface area contributed by atoms with Crippen LogP contribution in [0.1, 0.15) is 19.4 Å². The van der Waals surface area contributed by atoms with Gasteiger partial charge in [0.25, 0.3) is 0 Å². The van der Waals surface area contributed by atoms with Crippen molar-refractivity contribution in [2.75, 3.05) is 13.3 Å². The van der Waals surface area contributed by atoms with Crippen molar-refractivity contribution >= 4 is 5.97 Å². The summed E-state index contributed by atoms with van der Waals surface area (Å²) in [5.74, 6) is 0.664. The van der Waals surface area contributed by atoms with E-state index in [0.29, 0.717) is 13.1 Å². The number of likely N-dealkylation sites (N-methyl/N-ethyl adjacent to an activating group) is 1. The van der Waals surface area contributed by atoms with Crippen LogP contribution in [0, 0.1) is 0 Å². The quantitative estimate of drug-likeness (QED) is 0.863. The van der Waals surface area contributed by atoms with E-state index in [4.69, 9.17) is 14.6 Å². The Morgan fingerprint density at radius 3 is 2.83 bits per heavy atom. The van der Waals surface area contributed by atoms with Crippen LogP contribution < -0.4 is 9.47 Å². The topological polar surface area (TPSA) is 59.0 Å². The van der Waals surface area contributed by atoms with Crippen LogP contribution in [0.4, 0.5) is 0 Å². The van der Waals surface area contributed by atoms with E-state index in [1.54, 1.807) is 6.92 Å². The smallest absolute Gasteiger partial charge is 0.320 e. The first kappa shape index (κ1) is 12.7. The number of benzene rings is 1. The Balaban J connectivity index is 2.10. The highest BCUT2D eigenvalue weighted by molar-refractivity contribution is 5.72. The summed E-state index contributed by atoms with van der Waals surface area (Å²) in [6.07, 6.45) is 0. The maximum Gasteiger partial charge on any atom is 0.320 e. The van der Waals surface area contributed by atoms with Crippen LogP contribution in [0.5, 0.6) is 11.5 Å². The molecule has 0 amide bonds. The normalized spacial score (nSPS) is 14.8. The highest BCUT2D eigenvalue weighted by atomic mass is 16.7. The number of hydrogen-bond acceptors (Lipinski definition) is 4. The fourth-order valence-corrected chi connectivity index (χ4v) is 1.95. The second-order valence-electron chi connectivity index (χ2n) is 4.26. The molecular weight excluding hydrogens is 234 g/mol. The van der Waals surface area contributed by atoms with E-state index in [9.17, 15) is 4.79 Å². The summed E-state index contributed by atoms with van der Waals surface area (Å²) >= 11 is 0. The predicted molar refractivity (Wildman–Crippen MR) is 65.7 cm³/mol. The number of nitrogens with zero attached hydrogens (tertiary/aromatic N) is 1. The molecule has 18 heavy (non-hydrogen) atoms. The van der Waals surface area contributed by atoms with Gasteiger partial charge in [-0.2, -0.15) is 0 Å². The summed E-state index contributed by atoms with van der Waals surface area (Å²) < 4.78 is 10.5. The number of carbonyl (C=O) groups is 1. The Kier molecular flexibility index (Phi) is 3.72. The fraction of sp³-hybridized carbons (Fsp3) is 0.462. The van der Waals surface area contributed by atoms with Crippen molar-refractivity contribution in [2.45, 2.75) is 26.4 Å². The first-order valence-electron chi connectivity index (χ1n) is 5.97. The predicted octanol–water partition coefficient (Wildman–Crippen LogP) is 1.71. The largest absolute Gasteiger partial charge is 0.480 e. The molecule has 5 nitrogen and oxygen atoms in total. The minimum Gasteiger partial charge on any atom is -0.480 e. The van der Waals surface area contributed by atoms with Crippen molar-refractivity contribution < 1.29 is 19.4 Å². The molecule has 1 aromatic rings. The van der Waals surface area contributed by atoms with E-state index in [1.807, 2.05) is 30.0 Å². The number of rotatable bonds is 5. The first-order valence-corrected chi connectivity index (χ1v) is 5.97. The van der Waals surface area contributed by atoms with Crippen LogP contribution in [0.25, 0.3) is 0 Å². The van der Waals surface area contributed by atoms with Gasteiger partial charge in [-0.3, -0.25) is 9.69 Å². The average molecular weight is 251 g/mol. The van der Waals surface area contributed by atoms with E-state index in [2.05, 4.69) is 0 Å². The van der Waals surface area contributed by atoms with Gasteiger partial charge in [0.1, 0.15) is 6.04 Å². The summed E-state index contributed by atoms with van der Waals surface area (Å²) in [4.78, 5) is 12.9. The van der Waals surface area contributed by atoms with Gasteiger partial charge in [-0.15, -0.1) is 0 Å². The molecule has 0 fully saturated rings. The highest BCUT2D eigenvalue weighted by Crippen LogP contribution is 2.32. The molecule has 0 saturated carbocycles. The van der Waals surface area contributed by atoms with Gasteiger partial charge in [0.2, 0.25) is 6.79 Å². The van der Waals surface area contributed by atoms with Crippen molar-refractivity contribution in [3.05, 3.63) is 23.8 Å². The van der Waals surface area contributed by atoms with E-state index < -0.39 is 12.0 Å². The molecule has 0 radical (unpaired) electrons. The molecule has 1 aliphatic heterocycles. The maximum absolute atomic E-state index is 11.0. The third kappa shape index (κ3) is 2.56. The van der Waals surface area contributed by atoms with Gasteiger partial charge >= 0.3 is 5.97 Å². The van der Waals surface area contributed by atoms with Crippen molar-refractivity contribution in [2.24, 2.45) is 0 Å². The number of aliphatic carboxylic acids is 1. The van der Waals surface area contributed by atoms with Gasteiger partial charge in [-0.25, -0.2) is 0 Å². The molecule has 2 rings (SSSR count). The van der Waals surface area contributed by atoms with E-state index in [-0.39, 0.29) is 6.79 Å². The SMILES string of the molecule is CCN(Cc1ccc2c(c1)OCO2)[C@H](C)C(=O)O. The number of carboxylic acid groups (broad SMARTS) is 1. The lowest BCUT2D eigenvalue weighted by Crippen LogP contribution is -2.38. The van der Waals surface area contributed by atoms with Crippen LogP contribution in [0.15, 0.2) is 18.2 Å². The van der Waals surface area contributed by atoms with Gasteiger partial charge in [0.05, 0.1) is 0 Å². The number of ether oxygens (including phenoxy) is 2. The van der Waals surface area contributed by atoms with Gasteiger partial charge in [0, 0.05) is 6.54 Å². The third-order valence-electron chi connectivity index (χ3n) is 3.13. The first-order chi connectivity index (χ1) is 8.61. The lowest BCUT2D eigenvalue weighted by atomic mass is 10.1. The van der Waals surface area contributed by atoms with Crippen molar-refractivity contribution in [1.29, 1.82) is 0 Å². The minimum absolute atomic E-state index is 0.252. The molecule has 1 heterocycles. The molecule has 1 N–H and O–H groups in total. The lowest BCUT2D eigenvalue weighted by molar-refractivity contribution is -0.142. The summed E-state index contributed by atoms with van der Waals surface area (Å²) in [6.45, 7) is 5.16. The molecule has 0 aromatic heterocycles. The second kappa shape index (κ2) is 5.27. The van der Waals surface area contributed by atoms with Crippen molar-refractivity contribution in [1.82, 2.24) is 4.90 Å². The number of carboxylic acids is 1. The maximum atomic E-state index is 11.0. The third-order valence-corrected chi connectivity index (χ3v) is 3.13. The van der Waals surface area contributed by atoms with E-state index >= 15 is 0 Å². The summed E-state index contributed by atoms with van der Waals surface area (Å²) in [7, 11) is 0. The molecule has 0 unspecified atom stereocenters. The molecule has 0 aliphatic carbocycles. The zero-order valence-corrected chi connectivity index (χ0v) is 10.5. The Morgan fingerprint density at radius 1 is 1.44 bits per heavy atom. The fourth-order valence-electron chi connectivity index (χ4n) is 1.95. The van der Waals surface area contributed by atoms with E-state index in [0.717, 1.165) is 17.1 Å². The van der Waals surface area contributed by atoms with Crippen molar-refractivity contribution in [3.63, 3.8) is 0 Å². The van der Waals surface area contributed by atoms with Gasteiger partial charge in [-0.05, 0) is 31.2 Å². The monoisotopic (exact) mass is 251 g/mol. The second-order valence-corrected chi connectivity index (χ2v) is 4.26. The standard InChI is InChI=1S/C13H17NO4/c1-3-14(9(2)13(15)16)7-10-4-5-11-12(6-10)18-8-17-11/h4-6,9H,3,7-8H2,1-2H3,(H,15,16)/t9-/m1/s1. The average Bonchev–Trinajstić information content (AvgIpc) is 2.82. The summed E-state index contributed by atoms with van der Waals surface area (Å²) in [5, 5.41) is 9.03. The molecule has 0 spiro atoms. The van der Waals surface area contributed by atoms with Crippen LogP contribution >= 0.6 is 0 Å². The van der Waals surface area contributed by atoms with Crippen molar-refractivity contribution in [3.8, 4) is 11.5 Å². The molecule has 0 saturated heterocycles. The van der Waals surface area contributed by atoms with E-state index in [1.165, 1.54) is 0 Å². The van der Waals surface area contributed by atoms with Crippen LogP contribution in [0.3, 0.4) is 0 Å². The zero-order valence-electron chi connectivity index (χ0n) is 10.5. The summed E-state index contributed by atoms with van der Waals surface area (Å²) in [6, 6.07) is 5.20. The molecule has 1 atom stereocenters. The molecule has 1 aromatic carbocycles. The van der Waals surface area contributed by atoms with Gasteiger partial charge < -0.3 is 14.6 Å². The van der Waals surface area contributed by atoms with Gasteiger partial charge in [0.15, 0.2) is 11.5 Å². The summed E-state index contributed by atoms with van der Waals surface area (Å²) in [5.41, 5.74) is 1.02. The Morgan fingerprint density at radius 2 is 2.17 bits per heavy atom. The molecule has 98 valence electrons. The molecule has 5 heteroatoms. The molecular formula is C13H17NO4. The lowest BCUT2D eigenvalue weighted by Gasteiger charge is -2.24. The van der Waals surface area contributed by atoms with Gasteiger partial charge in [-0.1, -0.05) is 13.0 Å². The zero-order chi connectivity index (χ0) is 13.1. The highest BCUT2D eigenvalue weighted by Gasteiger charge is 2.20. The Bertz CT molecular complexity index is 447. The Labute approximate surface area is 106 Å². The number of fused-ring (bicyclic) bond motifs is 1. The minimum atomic E-state index is -0.808. The molecule has 0 bridgehead atoms. The Hall–Kier alpha value is -1.75. The molecule has 1 aliphatic rings. The van der Waals surface area contributed by atoms with Crippen LogP contribution in [-0.4, -0.2) is 35.4 Å². The van der Waals surface area contributed by atoms with Crippen LogP contribution in [0.2, 0.25) is 0 Å². The van der Waals surface area contributed by atoms with Crippen LogP contribution in [-0.2, 0) is 11.3 Å².